The van der Waals surface area contributed by atoms with E-state index < -0.39 is 0 Å². The largest absolute Gasteiger partial charge is 0.493 e. The molecule has 1 heterocycles. The molecule has 1 aliphatic heterocycles. The molecule has 0 spiro atoms. The lowest BCUT2D eigenvalue weighted by Gasteiger charge is -2.31. The van der Waals surface area contributed by atoms with Gasteiger partial charge in [0.25, 0.3) is 0 Å². The molecule has 1 N–H and O–H groups in total. The highest BCUT2D eigenvalue weighted by Crippen LogP contribution is 2.22. The van der Waals surface area contributed by atoms with E-state index in [4.69, 9.17) is 9.84 Å². The van der Waals surface area contributed by atoms with Gasteiger partial charge in [-0.1, -0.05) is 44.7 Å². The Balaban J connectivity index is 1.80. The first kappa shape index (κ1) is 18.0. The van der Waals surface area contributed by atoms with Gasteiger partial charge in [-0.25, -0.2) is 0 Å². The first-order chi connectivity index (χ1) is 11.1. The van der Waals surface area contributed by atoms with Gasteiger partial charge >= 0.3 is 0 Å². The summed E-state index contributed by atoms with van der Waals surface area (Å²) >= 11 is 0. The monoisotopic (exact) mass is 317 g/mol. The van der Waals surface area contributed by atoms with Crippen molar-refractivity contribution in [1.29, 1.82) is 0 Å². The standard InChI is InChI=1S/C20H31NO2/c1-16(2)15-23-17(3)20-6-4-19(5-7-20)14-21-11-8-18(9-12-21)10-13-22/h4-7,16,18,22H,3,8-15H2,1-2H3. The van der Waals surface area contributed by atoms with E-state index in [-0.39, 0.29) is 0 Å². The van der Waals surface area contributed by atoms with Gasteiger partial charge in [0.15, 0.2) is 0 Å². The van der Waals surface area contributed by atoms with Crippen molar-refractivity contribution in [2.24, 2.45) is 11.8 Å². The number of ether oxygens (including phenoxy) is 1. The summed E-state index contributed by atoms with van der Waals surface area (Å²) in [5.41, 5.74) is 2.40. The summed E-state index contributed by atoms with van der Waals surface area (Å²) < 4.78 is 5.69. The van der Waals surface area contributed by atoms with E-state index in [9.17, 15) is 0 Å². The van der Waals surface area contributed by atoms with Gasteiger partial charge in [-0.05, 0) is 49.8 Å². The molecule has 1 fully saturated rings. The number of hydrogen-bond acceptors (Lipinski definition) is 3. The van der Waals surface area contributed by atoms with Gasteiger partial charge in [0.05, 0.1) is 6.61 Å². The molecule has 2 rings (SSSR count). The third-order valence-corrected chi connectivity index (χ3v) is 4.52. The summed E-state index contributed by atoms with van der Waals surface area (Å²) in [5, 5.41) is 9.03. The Morgan fingerprint density at radius 3 is 2.48 bits per heavy atom. The van der Waals surface area contributed by atoms with Crippen molar-refractivity contribution in [3.8, 4) is 0 Å². The molecule has 0 saturated carbocycles. The summed E-state index contributed by atoms with van der Waals surface area (Å²) in [5.74, 6) is 1.98. The van der Waals surface area contributed by atoms with Crippen LogP contribution >= 0.6 is 0 Å². The number of rotatable bonds is 8. The summed E-state index contributed by atoms with van der Waals surface area (Å²) in [4.78, 5) is 2.51. The van der Waals surface area contributed by atoms with Crippen molar-refractivity contribution < 1.29 is 9.84 Å². The Labute approximate surface area is 141 Å². The van der Waals surface area contributed by atoms with Gasteiger partial charge in [-0.15, -0.1) is 0 Å². The topological polar surface area (TPSA) is 32.7 Å². The SMILES string of the molecule is C=C(OCC(C)C)c1ccc(CN2CCC(CCO)CC2)cc1. The molecule has 3 nitrogen and oxygen atoms in total. The maximum atomic E-state index is 9.03. The molecule has 0 aliphatic carbocycles. The summed E-state index contributed by atoms with van der Waals surface area (Å²) in [6.45, 7) is 12.6. The highest BCUT2D eigenvalue weighted by Gasteiger charge is 2.18. The van der Waals surface area contributed by atoms with Crippen molar-refractivity contribution in [2.75, 3.05) is 26.3 Å². The smallest absolute Gasteiger partial charge is 0.119 e. The Hall–Kier alpha value is -1.32. The summed E-state index contributed by atoms with van der Waals surface area (Å²) in [7, 11) is 0. The minimum absolute atomic E-state index is 0.328. The molecule has 1 aromatic rings. The molecular weight excluding hydrogens is 286 g/mol. The van der Waals surface area contributed by atoms with E-state index in [0.717, 1.165) is 37.4 Å². The highest BCUT2D eigenvalue weighted by molar-refractivity contribution is 5.57. The van der Waals surface area contributed by atoms with Crippen LogP contribution in [0.1, 0.15) is 44.2 Å². The Morgan fingerprint density at radius 2 is 1.91 bits per heavy atom. The number of benzene rings is 1. The first-order valence-corrected chi connectivity index (χ1v) is 8.82. The van der Waals surface area contributed by atoms with Crippen molar-refractivity contribution >= 4 is 5.76 Å². The van der Waals surface area contributed by atoms with E-state index in [0.29, 0.717) is 25.0 Å². The third kappa shape index (κ3) is 6.00. The molecule has 1 aliphatic rings. The molecule has 1 saturated heterocycles. The maximum Gasteiger partial charge on any atom is 0.119 e. The van der Waals surface area contributed by atoms with Gasteiger partial charge in [0.1, 0.15) is 5.76 Å². The zero-order chi connectivity index (χ0) is 16.7. The lowest BCUT2D eigenvalue weighted by atomic mass is 9.93. The van der Waals surface area contributed by atoms with Gasteiger partial charge in [-0.2, -0.15) is 0 Å². The number of piperidine rings is 1. The average Bonchev–Trinajstić information content (AvgIpc) is 2.55. The molecule has 0 radical (unpaired) electrons. The van der Waals surface area contributed by atoms with Crippen LogP contribution in [0.5, 0.6) is 0 Å². The summed E-state index contributed by atoms with van der Waals surface area (Å²) in [6, 6.07) is 8.57. The number of hydrogen-bond donors (Lipinski definition) is 1. The molecule has 128 valence electrons. The van der Waals surface area contributed by atoms with Gasteiger partial charge in [-0.3, -0.25) is 4.90 Å². The zero-order valence-electron chi connectivity index (χ0n) is 14.6. The van der Waals surface area contributed by atoms with Gasteiger partial charge in [0.2, 0.25) is 0 Å². The second kappa shape index (κ2) is 9.09. The lowest BCUT2D eigenvalue weighted by molar-refractivity contribution is 0.153. The minimum atomic E-state index is 0.328. The van der Waals surface area contributed by atoms with E-state index in [1.807, 2.05) is 0 Å². The second-order valence-corrected chi connectivity index (χ2v) is 7.06. The quantitative estimate of drug-likeness (QED) is 0.738. The number of likely N-dealkylation sites (tertiary alicyclic amines) is 1. The van der Waals surface area contributed by atoms with Crippen LogP contribution in [-0.4, -0.2) is 36.3 Å². The first-order valence-electron chi connectivity index (χ1n) is 8.82. The van der Waals surface area contributed by atoms with E-state index in [1.165, 1.54) is 18.4 Å². The molecule has 0 aromatic heterocycles. The molecule has 0 bridgehead atoms. The van der Waals surface area contributed by atoms with Crippen LogP contribution < -0.4 is 0 Å². The number of nitrogens with zero attached hydrogens (tertiary/aromatic N) is 1. The van der Waals surface area contributed by atoms with Crippen molar-refractivity contribution in [3.63, 3.8) is 0 Å². The van der Waals surface area contributed by atoms with Gasteiger partial charge in [0, 0.05) is 18.7 Å². The molecule has 0 unspecified atom stereocenters. The fraction of sp³-hybridized carbons (Fsp3) is 0.600. The predicted molar refractivity (Wildman–Crippen MR) is 96.0 cm³/mol. The molecule has 1 aromatic carbocycles. The predicted octanol–water partition coefficient (Wildman–Crippen LogP) is 3.92. The van der Waals surface area contributed by atoms with Crippen molar-refractivity contribution in [3.05, 3.63) is 42.0 Å². The maximum absolute atomic E-state index is 9.03. The Morgan fingerprint density at radius 1 is 1.26 bits per heavy atom. The van der Waals surface area contributed by atoms with Crippen LogP contribution in [-0.2, 0) is 11.3 Å². The molecule has 0 amide bonds. The Kier molecular flexibility index (Phi) is 7.13. The summed E-state index contributed by atoms with van der Waals surface area (Å²) in [6.07, 6.45) is 3.37. The average molecular weight is 317 g/mol. The van der Waals surface area contributed by atoms with Gasteiger partial charge < -0.3 is 9.84 Å². The molecule has 23 heavy (non-hydrogen) atoms. The lowest BCUT2D eigenvalue weighted by Crippen LogP contribution is -2.33. The number of aliphatic hydroxyl groups excluding tert-OH is 1. The van der Waals surface area contributed by atoms with E-state index in [2.05, 4.69) is 49.6 Å². The van der Waals surface area contributed by atoms with E-state index >= 15 is 0 Å². The van der Waals surface area contributed by atoms with Crippen molar-refractivity contribution in [2.45, 2.75) is 39.7 Å². The van der Waals surface area contributed by atoms with Crippen LogP contribution in [0.15, 0.2) is 30.8 Å². The second-order valence-electron chi connectivity index (χ2n) is 7.06. The molecule has 0 atom stereocenters. The Bertz CT molecular complexity index is 473. The zero-order valence-corrected chi connectivity index (χ0v) is 14.6. The molecular formula is C20H31NO2. The molecule has 3 heteroatoms. The highest BCUT2D eigenvalue weighted by atomic mass is 16.5. The van der Waals surface area contributed by atoms with Crippen LogP contribution in [0.25, 0.3) is 5.76 Å². The van der Waals surface area contributed by atoms with Crippen molar-refractivity contribution in [1.82, 2.24) is 4.90 Å². The fourth-order valence-electron chi connectivity index (χ4n) is 3.02. The normalized spacial score (nSPS) is 16.7. The van der Waals surface area contributed by atoms with Crippen LogP contribution in [0, 0.1) is 11.8 Å². The van der Waals surface area contributed by atoms with Crippen LogP contribution in [0.2, 0.25) is 0 Å². The van der Waals surface area contributed by atoms with E-state index in [1.54, 1.807) is 0 Å². The number of aliphatic hydroxyl groups is 1. The fourth-order valence-corrected chi connectivity index (χ4v) is 3.02. The minimum Gasteiger partial charge on any atom is -0.493 e. The van der Waals surface area contributed by atoms with Crippen LogP contribution in [0.3, 0.4) is 0 Å². The van der Waals surface area contributed by atoms with Crippen LogP contribution in [0.4, 0.5) is 0 Å². The third-order valence-electron chi connectivity index (χ3n) is 4.52.